The van der Waals surface area contributed by atoms with Crippen molar-refractivity contribution >= 4 is 17.5 Å². The van der Waals surface area contributed by atoms with Crippen LogP contribution < -0.4 is 14.8 Å². The van der Waals surface area contributed by atoms with Crippen LogP contribution in [0.5, 0.6) is 11.5 Å². The molecule has 0 saturated carbocycles. The number of anilines is 1. The van der Waals surface area contributed by atoms with Crippen molar-refractivity contribution in [2.24, 2.45) is 0 Å². The largest absolute Gasteiger partial charge is 0.454 e. The molecule has 2 N–H and O–H groups in total. The van der Waals surface area contributed by atoms with Crippen LogP contribution in [0.2, 0.25) is 0 Å². The second-order valence-corrected chi connectivity index (χ2v) is 3.97. The van der Waals surface area contributed by atoms with E-state index in [1.165, 1.54) is 7.05 Å². The molecule has 102 valence electrons. The van der Waals surface area contributed by atoms with Gasteiger partial charge >= 0.3 is 11.8 Å². The molecule has 0 atom stereocenters. The number of nitrogens with zero attached hydrogens (tertiary/aromatic N) is 1. The molecule has 7 nitrogen and oxygen atoms in total. The minimum Gasteiger partial charge on any atom is -0.454 e. The van der Waals surface area contributed by atoms with Gasteiger partial charge in [0, 0.05) is 25.3 Å². The van der Waals surface area contributed by atoms with E-state index in [2.05, 4.69) is 5.32 Å². The highest BCUT2D eigenvalue weighted by atomic mass is 16.7. The molecule has 0 fully saturated rings. The molecule has 2 rings (SSSR count). The molecule has 0 radical (unpaired) electrons. The maximum absolute atomic E-state index is 11.7. The number of hydrogen-bond donors (Lipinski definition) is 2. The van der Waals surface area contributed by atoms with E-state index in [0.717, 1.165) is 4.90 Å². The van der Waals surface area contributed by atoms with E-state index in [0.29, 0.717) is 17.2 Å². The van der Waals surface area contributed by atoms with Crippen LogP contribution in [-0.4, -0.2) is 48.8 Å². The summed E-state index contributed by atoms with van der Waals surface area (Å²) < 4.78 is 10.3. The smallest absolute Gasteiger partial charge is 0.313 e. The molecule has 0 spiro atoms. The maximum atomic E-state index is 11.7. The molecule has 19 heavy (non-hydrogen) atoms. The van der Waals surface area contributed by atoms with Gasteiger partial charge in [0.2, 0.25) is 6.79 Å². The van der Waals surface area contributed by atoms with Gasteiger partial charge in [0.25, 0.3) is 0 Å². The molecule has 0 unspecified atom stereocenters. The van der Waals surface area contributed by atoms with Crippen molar-refractivity contribution in [1.82, 2.24) is 4.90 Å². The third-order valence-electron chi connectivity index (χ3n) is 2.61. The average Bonchev–Trinajstić information content (AvgIpc) is 2.85. The SMILES string of the molecule is CN(CCO)C(=O)C(=O)Nc1ccc2c(c1)OCO2. The molecule has 1 aromatic rings. The van der Waals surface area contributed by atoms with Crippen LogP contribution in [0.4, 0.5) is 5.69 Å². The number of aliphatic hydroxyl groups excluding tert-OH is 1. The summed E-state index contributed by atoms with van der Waals surface area (Å²) in [6.45, 7) is 0.0534. The summed E-state index contributed by atoms with van der Waals surface area (Å²) in [7, 11) is 1.44. The number of nitrogens with one attached hydrogen (secondary N) is 1. The molecular weight excluding hydrogens is 252 g/mol. The highest BCUT2D eigenvalue weighted by Gasteiger charge is 2.20. The van der Waals surface area contributed by atoms with Gasteiger partial charge in [-0.2, -0.15) is 0 Å². The molecule has 0 saturated heterocycles. The Labute approximate surface area is 109 Å². The Balaban J connectivity index is 2.01. The van der Waals surface area contributed by atoms with Crippen molar-refractivity contribution in [3.63, 3.8) is 0 Å². The van der Waals surface area contributed by atoms with E-state index in [4.69, 9.17) is 14.6 Å². The van der Waals surface area contributed by atoms with Crippen LogP contribution >= 0.6 is 0 Å². The Morgan fingerprint density at radius 2 is 2.11 bits per heavy atom. The van der Waals surface area contributed by atoms with Gasteiger partial charge in [-0.05, 0) is 12.1 Å². The summed E-state index contributed by atoms with van der Waals surface area (Å²) in [5, 5.41) is 11.2. The molecular formula is C12H14N2O5. The van der Waals surface area contributed by atoms with Crippen molar-refractivity contribution in [2.75, 3.05) is 32.3 Å². The molecule has 2 amide bonds. The number of carbonyl (C=O) groups is 2. The summed E-state index contributed by atoms with van der Waals surface area (Å²) in [6.07, 6.45) is 0. The molecule has 0 bridgehead atoms. The van der Waals surface area contributed by atoms with E-state index < -0.39 is 11.8 Å². The Morgan fingerprint density at radius 3 is 2.84 bits per heavy atom. The molecule has 1 heterocycles. The Morgan fingerprint density at radius 1 is 1.37 bits per heavy atom. The van der Waals surface area contributed by atoms with Crippen LogP contribution in [0, 0.1) is 0 Å². The van der Waals surface area contributed by atoms with Gasteiger partial charge < -0.3 is 24.8 Å². The predicted molar refractivity (Wildman–Crippen MR) is 65.9 cm³/mol. The lowest BCUT2D eigenvalue weighted by atomic mass is 10.2. The van der Waals surface area contributed by atoms with E-state index in [-0.39, 0.29) is 19.9 Å². The number of fused-ring (bicyclic) bond motifs is 1. The fraction of sp³-hybridized carbons (Fsp3) is 0.333. The van der Waals surface area contributed by atoms with Gasteiger partial charge in [-0.15, -0.1) is 0 Å². The van der Waals surface area contributed by atoms with Crippen LogP contribution in [0.15, 0.2) is 18.2 Å². The average molecular weight is 266 g/mol. The zero-order valence-electron chi connectivity index (χ0n) is 10.4. The third kappa shape index (κ3) is 2.94. The van der Waals surface area contributed by atoms with Crippen LogP contribution in [0.25, 0.3) is 0 Å². The Bertz CT molecular complexity index is 503. The highest BCUT2D eigenvalue weighted by molar-refractivity contribution is 6.39. The summed E-state index contributed by atoms with van der Waals surface area (Å²) >= 11 is 0. The number of likely N-dealkylation sites (N-methyl/N-ethyl adjacent to an activating group) is 1. The molecule has 0 aromatic heterocycles. The lowest BCUT2D eigenvalue weighted by Crippen LogP contribution is -2.38. The highest BCUT2D eigenvalue weighted by Crippen LogP contribution is 2.34. The number of carbonyl (C=O) groups excluding carboxylic acids is 2. The maximum Gasteiger partial charge on any atom is 0.313 e. The van der Waals surface area contributed by atoms with Gasteiger partial charge in [-0.3, -0.25) is 9.59 Å². The number of hydrogen-bond acceptors (Lipinski definition) is 5. The first-order valence-electron chi connectivity index (χ1n) is 5.69. The lowest BCUT2D eigenvalue weighted by molar-refractivity contribution is -0.142. The first-order chi connectivity index (χ1) is 9.11. The topological polar surface area (TPSA) is 88.1 Å². The Hall–Kier alpha value is -2.28. The van der Waals surface area contributed by atoms with E-state index in [1.54, 1.807) is 18.2 Å². The van der Waals surface area contributed by atoms with Crippen LogP contribution in [0.1, 0.15) is 0 Å². The number of amides is 2. The molecule has 1 aliphatic heterocycles. The van der Waals surface area contributed by atoms with Crippen molar-refractivity contribution < 1.29 is 24.2 Å². The van der Waals surface area contributed by atoms with Crippen LogP contribution in [0.3, 0.4) is 0 Å². The first kappa shape index (κ1) is 13.2. The van der Waals surface area contributed by atoms with Crippen LogP contribution in [-0.2, 0) is 9.59 Å². The molecule has 0 aliphatic carbocycles. The van der Waals surface area contributed by atoms with Crippen molar-refractivity contribution in [1.29, 1.82) is 0 Å². The van der Waals surface area contributed by atoms with E-state index in [1.807, 2.05) is 0 Å². The summed E-state index contributed by atoms with van der Waals surface area (Å²) in [6, 6.07) is 4.85. The fourth-order valence-corrected chi connectivity index (χ4v) is 1.58. The molecule has 1 aromatic carbocycles. The summed E-state index contributed by atoms with van der Waals surface area (Å²) in [5.41, 5.74) is 0.444. The van der Waals surface area contributed by atoms with Crippen molar-refractivity contribution in [3.05, 3.63) is 18.2 Å². The third-order valence-corrected chi connectivity index (χ3v) is 2.61. The van der Waals surface area contributed by atoms with Gasteiger partial charge in [0.05, 0.1) is 6.61 Å². The number of ether oxygens (including phenoxy) is 2. The molecule has 1 aliphatic rings. The predicted octanol–water partition coefficient (Wildman–Crippen LogP) is -0.196. The van der Waals surface area contributed by atoms with Gasteiger partial charge in [-0.25, -0.2) is 0 Å². The van der Waals surface area contributed by atoms with E-state index >= 15 is 0 Å². The standard InChI is InChI=1S/C12H14N2O5/c1-14(4-5-15)12(17)11(16)13-8-2-3-9-10(6-8)19-7-18-9/h2-3,6,15H,4-5,7H2,1H3,(H,13,16). The minimum atomic E-state index is -0.769. The summed E-state index contributed by atoms with van der Waals surface area (Å²) in [4.78, 5) is 24.4. The zero-order chi connectivity index (χ0) is 13.8. The Kier molecular flexibility index (Phi) is 3.86. The fourth-order valence-electron chi connectivity index (χ4n) is 1.58. The zero-order valence-corrected chi connectivity index (χ0v) is 10.4. The monoisotopic (exact) mass is 266 g/mol. The summed E-state index contributed by atoms with van der Waals surface area (Å²) in [5.74, 6) is -0.364. The second-order valence-electron chi connectivity index (χ2n) is 3.97. The van der Waals surface area contributed by atoms with Gasteiger partial charge in [-0.1, -0.05) is 0 Å². The van der Waals surface area contributed by atoms with Gasteiger partial charge in [0.1, 0.15) is 0 Å². The normalized spacial score (nSPS) is 12.1. The molecule has 7 heteroatoms. The quantitative estimate of drug-likeness (QED) is 0.740. The van der Waals surface area contributed by atoms with Gasteiger partial charge in [0.15, 0.2) is 11.5 Å². The minimum absolute atomic E-state index is 0.105. The van der Waals surface area contributed by atoms with E-state index in [9.17, 15) is 9.59 Å². The number of benzene rings is 1. The second kappa shape index (κ2) is 5.57. The first-order valence-corrected chi connectivity index (χ1v) is 5.69. The lowest BCUT2D eigenvalue weighted by Gasteiger charge is -2.15. The van der Waals surface area contributed by atoms with Crippen molar-refractivity contribution in [3.8, 4) is 11.5 Å². The number of aliphatic hydroxyl groups is 1. The van der Waals surface area contributed by atoms with Crippen molar-refractivity contribution in [2.45, 2.75) is 0 Å². The number of rotatable bonds is 3.